The van der Waals surface area contributed by atoms with E-state index in [4.69, 9.17) is 0 Å². The van der Waals surface area contributed by atoms with E-state index in [2.05, 4.69) is 20.3 Å². The fraction of sp³-hybridized carbons (Fsp3) is 0.462. The number of hydrogen-bond acceptors (Lipinski definition) is 4. The minimum absolute atomic E-state index is 0.0309. The van der Waals surface area contributed by atoms with Crippen LogP contribution in [0.3, 0.4) is 0 Å². The van der Waals surface area contributed by atoms with Gasteiger partial charge in [-0.1, -0.05) is 0 Å². The SMILES string of the molecule is CC(=O)N[C@@H]1CCN(c2ccnn3cc(C)nc23)C1. The van der Waals surface area contributed by atoms with E-state index in [9.17, 15) is 4.79 Å². The summed E-state index contributed by atoms with van der Waals surface area (Å²) < 4.78 is 1.80. The van der Waals surface area contributed by atoms with E-state index in [-0.39, 0.29) is 11.9 Å². The van der Waals surface area contributed by atoms with Crippen LogP contribution in [-0.2, 0) is 4.79 Å². The molecule has 2 aromatic rings. The molecule has 1 aliphatic heterocycles. The van der Waals surface area contributed by atoms with Crippen molar-refractivity contribution in [2.75, 3.05) is 18.0 Å². The normalized spacial score (nSPS) is 19.1. The van der Waals surface area contributed by atoms with Gasteiger partial charge in [-0.15, -0.1) is 0 Å². The van der Waals surface area contributed by atoms with E-state index in [1.54, 1.807) is 17.6 Å². The summed E-state index contributed by atoms with van der Waals surface area (Å²) in [6.45, 7) is 5.27. The number of amides is 1. The molecule has 0 unspecified atom stereocenters. The Morgan fingerprint density at radius 2 is 2.37 bits per heavy atom. The molecule has 1 aliphatic rings. The lowest BCUT2D eigenvalue weighted by atomic mass is 10.2. The summed E-state index contributed by atoms with van der Waals surface area (Å²) in [4.78, 5) is 17.9. The van der Waals surface area contributed by atoms with Crippen molar-refractivity contribution >= 4 is 17.2 Å². The minimum atomic E-state index is 0.0309. The van der Waals surface area contributed by atoms with E-state index in [1.165, 1.54) is 0 Å². The number of carbonyl (C=O) groups is 1. The average molecular weight is 259 g/mol. The van der Waals surface area contributed by atoms with Gasteiger partial charge in [-0.2, -0.15) is 5.10 Å². The second-order valence-electron chi connectivity index (χ2n) is 5.00. The molecule has 3 heterocycles. The van der Waals surface area contributed by atoms with E-state index in [0.717, 1.165) is 36.5 Å². The maximum absolute atomic E-state index is 11.1. The molecular formula is C13H17N5O. The maximum atomic E-state index is 11.1. The molecule has 19 heavy (non-hydrogen) atoms. The molecule has 0 bridgehead atoms. The third-order valence-electron chi connectivity index (χ3n) is 3.40. The van der Waals surface area contributed by atoms with Gasteiger partial charge in [0.15, 0.2) is 5.65 Å². The first kappa shape index (κ1) is 12.0. The van der Waals surface area contributed by atoms with Crippen LogP contribution in [0.5, 0.6) is 0 Å². The smallest absolute Gasteiger partial charge is 0.217 e. The van der Waals surface area contributed by atoms with Crippen molar-refractivity contribution in [3.05, 3.63) is 24.2 Å². The lowest BCUT2D eigenvalue weighted by molar-refractivity contribution is -0.119. The van der Waals surface area contributed by atoms with Gasteiger partial charge in [0.25, 0.3) is 0 Å². The summed E-state index contributed by atoms with van der Waals surface area (Å²) in [5.41, 5.74) is 2.91. The van der Waals surface area contributed by atoms with E-state index in [0.29, 0.717) is 0 Å². The Kier molecular flexibility index (Phi) is 2.85. The topological polar surface area (TPSA) is 62.5 Å². The number of imidazole rings is 1. The van der Waals surface area contributed by atoms with Crippen LogP contribution < -0.4 is 10.2 Å². The largest absolute Gasteiger partial charge is 0.366 e. The van der Waals surface area contributed by atoms with Crippen molar-refractivity contribution in [2.24, 2.45) is 0 Å². The van der Waals surface area contributed by atoms with Gasteiger partial charge in [0, 0.05) is 26.1 Å². The molecule has 1 saturated heterocycles. The van der Waals surface area contributed by atoms with Gasteiger partial charge in [0.1, 0.15) is 0 Å². The summed E-state index contributed by atoms with van der Waals surface area (Å²) in [6, 6.07) is 2.21. The Morgan fingerprint density at radius 1 is 1.53 bits per heavy atom. The summed E-state index contributed by atoms with van der Waals surface area (Å²) in [5.74, 6) is 0.0309. The number of nitrogens with zero attached hydrogens (tertiary/aromatic N) is 4. The van der Waals surface area contributed by atoms with E-state index >= 15 is 0 Å². The Labute approximate surface area is 111 Å². The number of rotatable bonds is 2. The first-order valence-corrected chi connectivity index (χ1v) is 6.46. The molecule has 6 heteroatoms. The van der Waals surface area contributed by atoms with Crippen LogP contribution in [0.15, 0.2) is 18.5 Å². The van der Waals surface area contributed by atoms with Crippen LogP contribution in [0, 0.1) is 6.92 Å². The van der Waals surface area contributed by atoms with Gasteiger partial charge < -0.3 is 10.2 Å². The van der Waals surface area contributed by atoms with Gasteiger partial charge in [0.2, 0.25) is 5.91 Å². The summed E-state index contributed by atoms with van der Waals surface area (Å²) in [7, 11) is 0. The third kappa shape index (κ3) is 2.25. The Balaban J connectivity index is 1.87. The van der Waals surface area contributed by atoms with Crippen LogP contribution in [0.2, 0.25) is 0 Å². The number of carbonyl (C=O) groups excluding carboxylic acids is 1. The summed E-state index contributed by atoms with van der Waals surface area (Å²) in [5, 5.41) is 7.23. The van der Waals surface area contributed by atoms with Crippen molar-refractivity contribution in [1.82, 2.24) is 19.9 Å². The lowest BCUT2D eigenvalue weighted by Gasteiger charge is -2.19. The Hall–Kier alpha value is -2.11. The summed E-state index contributed by atoms with van der Waals surface area (Å²) in [6.07, 6.45) is 4.67. The minimum Gasteiger partial charge on any atom is -0.366 e. The molecule has 1 atom stereocenters. The molecule has 2 aromatic heterocycles. The quantitative estimate of drug-likeness (QED) is 0.864. The number of aryl methyl sites for hydroxylation is 1. The molecule has 0 aliphatic carbocycles. The molecule has 0 aromatic carbocycles. The molecule has 6 nitrogen and oxygen atoms in total. The highest BCUT2D eigenvalue weighted by Gasteiger charge is 2.25. The molecule has 0 spiro atoms. The number of fused-ring (bicyclic) bond motifs is 1. The number of nitrogens with one attached hydrogen (secondary N) is 1. The van der Waals surface area contributed by atoms with Crippen molar-refractivity contribution in [3.63, 3.8) is 0 Å². The highest BCUT2D eigenvalue weighted by molar-refractivity contribution is 5.74. The zero-order chi connectivity index (χ0) is 13.4. The van der Waals surface area contributed by atoms with Crippen LogP contribution in [0.4, 0.5) is 5.69 Å². The second-order valence-corrected chi connectivity index (χ2v) is 5.00. The summed E-state index contributed by atoms with van der Waals surface area (Å²) >= 11 is 0. The zero-order valence-electron chi connectivity index (χ0n) is 11.1. The maximum Gasteiger partial charge on any atom is 0.217 e. The second kappa shape index (κ2) is 4.53. The third-order valence-corrected chi connectivity index (χ3v) is 3.40. The van der Waals surface area contributed by atoms with Crippen LogP contribution >= 0.6 is 0 Å². The highest BCUT2D eigenvalue weighted by atomic mass is 16.1. The first-order valence-electron chi connectivity index (χ1n) is 6.46. The van der Waals surface area contributed by atoms with Crippen molar-refractivity contribution in [1.29, 1.82) is 0 Å². The average Bonchev–Trinajstić information content (AvgIpc) is 2.92. The van der Waals surface area contributed by atoms with E-state index < -0.39 is 0 Å². The van der Waals surface area contributed by atoms with Gasteiger partial charge in [-0.25, -0.2) is 9.50 Å². The fourth-order valence-electron chi connectivity index (χ4n) is 2.63. The highest BCUT2D eigenvalue weighted by Crippen LogP contribution is 2.24. The molecule has 0 saturated carbocycles. The lowest BCUT2D eigenvalue weighted by Crippen LogP contribution is -2.35. The van der Waals surface area contributed by atoms with Crippen LogP contribution in [0.25, 0.3) is 5.65 Å². The zero-order valence-corrected chi connectivity index (χ0v) is 11.1. The molecule has 3 rings (SSSR count). The monoisotopic (exact) mass is 259 g/mol. The standard InChI is InChI=1S/C13H17N5O/c1-9-7-18-13(15-9)12(3-5-14-18)17-6-4-11(8-17)16-10(2)19/h3,5,7,11H,4,6,8H2,1-2H3,(H,16,19)/t11-/m1/s1. The predicted octanol–water partition coefficient (Wildman–Crippen LogP) is 0.753. The van der Waals surface area contributed by atoms with Crippen molar-refractivity contribution < 1.29 is 4.79 Å². The molecule has 1 amide bonds. The van der Waals surface area contributed by atoms with Crippen LogP contribution in [0.1, 0.15) is 19.0 Å². The molecule has 100 valence electrons. The van der Waals surface area contributed by atoms with Crippen molar-refractivity contribution in [2.45, 2.75) is 26.3 Å². The van der Waals surface area contributed by atoms with Gasteiger partial charge in [0.05, 0.1) is 23.8 Å². The molecule has 0 radical (unpaired) electrons. The van der Waals surface area contributed by atoms with E-state index in [1.807, 2.05) is 19.2 Å². The van der Waals surface area contributed by atoms with Crippen molar-refractivity contribution in [3.8, 4) is 0 Å². The number of anilines is 1. The van der Waals surface area contributed by atoms with Gasteiger partial charge >= 0.3 is 0 Å². The Bertz CT molecular complexity index is 621. The Morgan fingerprint density at radius 3 is 3.16 bits per heavy atom. The fourth-order valence-corrected chi connectivity index (χ4v) is 2.63. The van der Waals surface area contributed by atoms with Gasteiger partial charge in [-0.05, 0) is 19.4 Å². The first-order chi connectivity index (χ1) is 9.13. The molecule has 1 fully saturated rings. The molecular weight excluding hydrogens is 242 g/mol. The number of hydrogen-bond donors (Lipinski definition) is 1. The number of aromatic nitrogens is 3. The van der Waals surface area contributed by atoms with Gasteiger partial charge in [-0.3, -0.25) is 4.79 Å². The molecule has 1 N–H and O–H groups in total. The predicted molar refractivity (Wildman–Crippen MR) is 72.2 cm³/mol. The van der Waals surface area contributed by atoms with Crippen LogP contribution in [-0.4, -0.2) is 39.6 Å².